The van der Waals surface area contributed by atoms with E-state index in [1.54, 1.807) is 30.3 Å². The van der Waals surface area contributed by atoms with Gasteiger partial charge in [0, 0.05) is 23.4 Å². The number of thioether (sulfide) groups is 1. The quantitative estimate of drug-likeness (QED) is 0.465. The van der Waals surface area contributed by atoms with E-state index in [0.717, 1.165) is 0 Å². The summed E-state index contributed by atoms with van der Waals surface area (Å²) < 4.78 is 20.0. The summed E-state index contributed by atoms with van der Waals surface area (Å²) in [4.78, 5) is 27.8. The van der Waals surface area contributed by atoms with Gasteiger partial charge in [-0.05, 0) is 30.5 Å². The van der Waals surface area contributed by atoms with Gasteiger partial charge >= 0.3 is 0 Å². The van der Waals surface area contributed by atoms with Crippen LogP contribution in [0.2, 0.25) is 0 Å². The van der Waals surface area contributed by atoms with Crippen LogP contribution in [0.4, 0.5) is 10.2 Å². The van der Waals surface area contributed by atoms with Crippen LogP contribution in [0.3, 0.4) is 0 Å². The van der Waals surface area contributed by atoms with E-state index in [9.17, 15) is 9.18 Å². The molecule has 0 radical (unpaired) electrons. The molecule has 29 heavy (non-hydrogen) atoms. The first kappa shape index (κ1) is 19.1. The fourth-order valence-electron chi connectivity index (χ4n) is 3.30. The van der Waals surface area contributed by atoms with Crippen LogP contribution >= 0.6 is 11.8 Å². The molecule has 1 aliphatic heterocycles. The monoisotopic (exact) mass is 408 g/mol. The number of nitrogens with zero attached hydrogens (tertiary/aromatic N) is 4. The topological polar surface area (TPSA) is 68.2 Å². The molecule has 3 heterocycles. The number of rotatable bonds is 5. The van der Waals surface area contributed by atoms with Gasteiger partial charge in [-0.2, -0.15) is 0 Å². The Bertz CT molecular complexity index is 1140. The van der Waals surface area contributed by atoms with Crippen molar-refractivity contribution in [3.8, 4) is 17.0 Å². The molecule has 0 aliphatic carbocycles. The Labute approximate surface area is 171 Å². The third-order valence-corrected chi connectivity index (χ3v) is 5.21. The van der Waals surface area contributed by atoms with Crippen LogP contribution in [0, 0.1) is 5.82 Å². The number of carbonyl (C=O) groups excluding carboxylic acids is 1. The number of carbonyl (C=O) groups is 1. The molecule has 8 heteroatoms. The van der Waals surface area contributed by atoms with E-state index in [0.29, 0.717) is 39.2 Å². The van der Waals surface area contributed by atoms with Crippen molar-refractivity contribution in [2.24, 2.45) is 0 Å². The van der Waals surface area contributed by atoms with E-state index < -0.39 is 5.82 Å². The van der Waals surface area contributed by atoms with Gasteiger partial charge in [0.25, 0.3) is 5.91 Å². The number of amides is 1. The normalized spacial score (nSPS) is 12.8. The third kappa shape index (κ3) is 3.25. The van der Waals surface area contributed by atoms with E-state index in [4.69, 9.17) is 4.74 Å². The van der Waals surface area contributed by atoms with Crippen molar-refractivity contribution in [2.75, 3.05) is 18.3 Å². The van der Waals surface area contributed by atoms with Crippen molar-refractivity contribution in [1.82, 2.24) is 15.0 Å². The molecule has 3 aromatic rings. The minimum Gasteiger partial charge on any atom is -0.496 e. The molecule has 0 spiro atoms. The molecule has 0 fully saturated rings. The second kappa shape index (κ2) is 7.63. The summed E-state index contributed by atoms with van der Waals surface area (Å²) in [6, 6.07) is 7.92. The molecule has 0 saturated carbocycles. The zero-order chi connectivity index (χ0) is 20.5. The van der Waals surface area contributed by atoms with Crippen molar-refractivity contribution in [3.05, 3.63) is 65.7 Å². The number of methoxy groups -OCH3 is 1. The first-order valence-electron chi connectivity index (χ1n) is 8.75. The van der Waals surface area contributed by atoms with Gasteiger partial charge in [0.2, 0.25) is 0 Å². The SMILES string of the molecule is C=Cc1cc(N2Cc3c(ccnc3-c3c(F)cccc3OC)C2=O)nc(SC)n1. The van der Waals surface area contributed by atoms with E-state index in [-0.39, 0.29) is 18.0 Å². The van der Waals surface area contributed by atoms with Crippen LogP contribution in [0.1, 0.15) is 21.6 Å². The maximum atomic E-state index is 14.7. The van der Waals surface area contributed by atoms with Crippen LogP contribution in [0.5, 0.6) is 5.75 Å². The second-order valence-corrected chi connectivity index (χ2v) is 7.01. The van der Waals surface area contributed by atoms with Crippen LogP contribution in [0.15, 0.2) is 48.3 Å². The predicted octanol–water partition coefficient (Wildman–Crippen LogP) is 4.21. The molecular weight excluding hydrogens is 391 g/mol. The van der Waals surface area contributed by atoms with Crippen LogP contribution < -0.4 is 9.64 Å². The summed E-state index contributed by atoms with van der Waals surface area (Å²) in [7, 11) is 1.47. The highest BCUT2D eigenvalue weighted by atomic mass is 32.2. The largest absolute Gasteiger partial charge is 0.496 e. The minimum atomic E-state index is -0.461. The Balaban J connectivity index is 1.84. The summed E-state index contributed by atoms with van der Waals surface area (Å²) >= 11 is 1.38. The number of halogens is 1. The van der Waals surface area contributed by atoms with E-state index >= 15 is 0 Å². The van der Waals surface area contributed by atoms with Crippen molar-refractivity contribution in [3.63, 3.8) is 0 Å². The summed E-state index contributed by atoms with van der Waals surface area (Å²) in [5, 5.41) is 0.537. The van der Waals surface area contributed by atoms with Gasteiger partial charge in [-0.25, -0.2) is 14.4 Å². The summed E-state index contributed by atoms with van der Waals surface area (Å²) in [6.07, 6.45) is 4.97. The molecular formula is C21H17FN4O2S. The van der Waals surface area contributed by atoms with Gasteiger partial charge in [0.05, 0.1) is 30.6 Å². The average Bonchev–Trinajstić information content (AvgIpc) is 3.10. The Hall–Kier alpha value is -3.26. The maximum Gasteiger partial charge on any atom is 0.260 e. The predicted molar refractivity (Wildman–Crippen MR) is 111 cm³/mol. The van der Waals surface area contributed by atoms with Gasteiger partial charge in [0.1, 0.15) is 17.4 Å². The lowest BCUT2D eigenvalue weighted by Crippen LogP contribution is -2.24. The summed E-state index contributed by atoms with van der Waals surface area (Å²) in [5.74, 6) is 0.140. The van der Waals surface area contributed by atoms with Gasteiger partial charge < -0.3 is 4.74 Å². The zero-order valence-electron chi connectivity index (χ0n) is 15.8. The fraction of sp³-hybridized carbons (Fsp3) is 0.143. The highest BCUT2D eigenvalue weighted by Gasteiger charge is 2.33. The lowest BCUT2D eigenvalue weighted by molar-refractivity contribution is 0.0995. The number of anilines is 1. The van der Waals surface area contributed by atoms with Crippen molar-refractivity contribution < 1.29 is 13.9 Å². The average molecular weight is 408 g/mol. The minimum absolute atomic E-state index is 0.218. The first-order chi connectivity index (χ1) is 14.1. The Morgan fingerprint density at radius 2 is 2.14 bits per heavy atom. The molecule has 2 aromatic heterocycles. The van der Waals surface area contributed by atoms with E-state index in [2.05, 4.69) is 21.5 Å². The molecule has 0 atom stereocenters. The number of fused-ring (bicyclic) bond motifs is 1. The molecule has 0 bridgehead atoms. The van der Waals surface area contributed by atoms with E-state index in [1.807, 2.05) is 6.26 Å². The molecule has 4 rings (SSSR count). The Morgan fingerprint density at radius 1 is 1.31 bits per heavy atom. The molecule has 1 aliphatic rings. The number of aromatic nitrogens is 3. The molecule has 0 unspecified atom stereocenters. The van der Waals surface area contributed by atoms with Crippen LogP contribution in [-0.2, 0) is 6.54 Å². The van der Waals surface area contributed by atoms with Gasteiger partial charge in [-0.1, -0.05) is 24.4 Å². The number of pyridine rings is 1. The fourth-order valence-corrected chi connectivity index (χ4v) is 3.68. The van der Waals surface area contributed by atoms with Crippen molar-refractivity contribution >= 4 is 29.6 Å². The van der Waals surface area contributed by atoms with E-state index in [1.165, 1.54) is 36.0 Å². The number of ether oxygens (including phenoxy) is 1. The molecule has 1 aromatic carbocycles. The van der Waals surface area contributed by atoms with Gasteiger partial charge in [-0.15, -0.1) is 0 Å². The second-order valence-electron chi connectivity index (χ2n) is 6.24. The first-order valence-corrected chi connectivity index (χ1v) is 9.98. The van der Waals surface area contributed by atoms with Gasteiger partial charge in [0.15, 0.2) is 5.16 Å². The maximum absolute atomic E-state index is 14.7. The number of benzene rings is 1. The van der Waals surface area contributed by atoms with Crippen LogP contribution in [-0.4, -0.2) is 34.2 Å². The molecule has 0 saturated heterocycles. The Kier molecular flexibility index (Phi) is 5.02. The highest BCUT2D eigenvalue weighted by molar-refractivity contribution is 7.98. The number of hydrogen-bond acceptors (Lipinski definition) is 6. The highest BCUT2D eigenvalue weighted by Crippen LogP contribution is 2.38. The molecule has 6 nitrogen and oxygen atoms in total. The Morgan fingerprint density at radius 3 is 2.86 bits per heavy atom. The lowest BCUT2D eigenvalue weighted by atomic mass is 10.0. The van der Waals surface area contributed by atoms with Crippen molar-refractivity contribution in [2.45, 2.75) is 11.7 Å². The molecule has 146 valence electrons. The summed E-state index contributed by atoms with van der Waals surface area (Å²) in [6.45, 7) is 3.97. The number of hydrogen-bond donors (Lipinski definition) is 0. The van der Waals surface area contributed by atoms with Crippen LogP contribution in [0.25, 0.3) is 17.3 Å². The summed E-state index contributed by atoms with van der Waals surface area (Å²) in [5.41, 5.74) is 2.34. The molecule has 1 amide bonds. The van der Waals surface area contributed by atoms with Gasteiger partial charge in [-0.3, -0.25) is 14.7 Å². The third-order valence-electron chi connectivity index (χ3n) is 4.66. The standard InChI is InChI=1S/C21H17FN4O2S/c1-4-12-10-17(25-21(24-12)29-3)26-11-14-13(20(26)27)8-9-23-19(14)18-15(22)6-5-7-16(18)28-2/h4-10H,1,11H2,2-3H3. The zero-order valence-corrected chi connectivity index (χ0v) is 16.7. The lowest BCUT2D eigenvalue weighted by Gasteiger charge is -2.16. The smallest absolute Gasteiger partial charge is 0.260 e. The molecule has 0 N–H and O–H groups in total. The van der Waals surface area contributed by atoms with Crippen molar-refractivity contribution in [1.29, 1.82) is 0 Å².